The molecule has 0 heterocycles. The van der Waals surface area contributed by atoms with Crippen LogP contribution in [0.4, 0.5) is 0 Å². The molecule has 0 aliphatic carbocycles. The molecule has 0 aliphatic rings. The van der Waals surface area contributed by atoms with Gasteiger partial charge >= 0.3 is 0 Å². The van der Waals surface area contributed by atoms with E-state index in [9.17, 15) is 4.79 Å². The molecule has 0 bridgehead atoms. The molecule has 0 saturated carbocycles. The van der Waals surface area contributed by atoms with Crippen LogP contribution in [0.2, 0.25) is 0 Å². The molecule has 0 fully saturated rings. The van der Waals surface area contributed by atoms with Crippen LogP contribution in [-0.2, 0) is 4.79 Å². The highest BCUT2D eigenvalue weighted by Gasteiger charge is 2.01. The van der Waals surface area contributed by atoms with Crippen molar-refractivity contribution in [1.82, 2.24) is 5.32 Å². The Bertz CT molecular complexity index is 440. The molecule has 0 aliphatic heterocycles. The fourth-order valence-corrected chi connectivity index (χ4v) is 5.65. The van der Waals surface area contributed by atoms with E-state index in [1.54, 1.807) is 0 Å². The van der Waals surface area contributed by atoms with Gasteiger partial charge in [-0.05, 0) is 12.8 Å². The van der Waals surface area contributed by atoms with E-state index < -0.39 is 0 Å². The molecule has 236 valence electrons. The number of hydrogen-bond donors (Lipinski definition) is 1. The number of amides is 1. The van der Waals surface area contributed by atoms with Gasteiger partial charge in [0, 0.05) is 13.0 Å². The molecule has 0 radical (unpaired) electrons. The summed E-state index contributed by atoms with van der Waals surface area (Å²) in [6.07, 6.45) is 43.7. The molecule has 0 aromatic rings. The zero-order valence-electron chi connectivity index (χ0n) is 27.2. The molecule has 39 heavy (non-hydrogen) atoms. The third kappa shape index (κ3) is 37.4. The zero-order valence-corrected chi connectivity index (χ0v) is 27.2. The maximum Gasteiger partial charge on any atom is 0.219 e. The summed E-state index contributed by atoms with van der Waals surface area (Å²) in [7, 11) is 0. The summed E-state index contributed by atoms with van der Waals surface area (Å²) in [4.78, 5) is 12.0. The van der Waals surface area contributed by atoms with E-state index in [0.717, 1.165) is 25.8 Å². The fourth-order valence-electron chi connectivity index (χ4n) is 5.65. The van der Waals surface area contributed by atoms with Crippen LogP contribution in [0.25, 0.3) is 0 Å². The number of carbonyl (C=O) groups excluding carboxylic acids is 1. The molecule has 0 aromatic heterocycles. The molecular weight excluding hydrogens is 478 g/mol. The maximum absolute atomic E-state index is 12.0. The highest BCUT2D eigenvalue weighted by molar-refractivity contribution is 5.75. The predicted molar refractivity (Wildman–Crippen MR) is 176 cm³/mol. The van der Waals surface area contributed by atoms with E-state index in [4.69, 9.17) is 0 Å². The van der Waals surface area contributed by atoms with Gasteiger partial charge in [-0.3, -0.25) is 4.79 Å². The van der Waals surface area contributed by atoms with E-state index in [-0.39, 0.29) is 11.4 Å². The standard InChI is InChI=1S/C36H73NO.H2O/c1-3-5-7-9-11-13-15-17-19-21-23-25-27-29-31-33-35-37-36(38)34-32-30-28-26-24-22-20-18-16-14-12-10-8-6-4-2;/h3-35H2,1-2H3,(H,37,38);1H2. The van der Waals surface area contributed by atoms with Crippen LogP contribution in [0, 0.1) is 0 Å². The number of rotatable bonds is 33. The summed E-state index contributed by atoms with van der Waals surface area (Å²) in [6.45, 7) is 5.47. The summed E-state index contributed by atoms with van der Waals surface area (Å²) in [5, 5.41) is 3.14. The van der Waals surface area contributed by atoms with Crippen molar-refractivity contribution in [2.45, 2.75) is 219 Å². The Hall–Kier alpha value is -0.570. The monoisotopic (exact) mass is 554 g/mol. The van der Waals surface area contributed by atoms with Crippen LogP contribution in [0.15, 0.2) is 0 Å². The second-order valence-corrected chi connectivity index (χ2v) is 12.4. The number of hydrogen-bond acceptors (Lipinski definition) is 1. The minimum Gasteiger partial charge on any atom is -0.412 e. The third-order valence-corrected chi connectivity index (χ3v) is 8.36. The first-order chi connectivity index (χ1) is 18.8. The van der Waals surface area contributed by atoms with Gasteiger partial charge in [0.25, 0.3) is 0 Å². The lowest BCUT2D eigenvalue weighted by molar-refractivity contribution is -0.121. The molecule has 0 unspecified atom stereocenters. The molecule has 0 rings (SSSR count). The quantitative estimate of drug-likeness (QED) is 0.0807. The van der Waals surface area contributed by atoms with Gasteiger partial charge in [-0.15, -0.1) is 0 Å². The number of nitrogens with one attached hydrogen (secondary N) is 1. The van der Waals surface area contributed by atoms with Crippen molar-refractivity contribution in [2.75, 3.05) is 6.54 Å². The molecule has 0 spiro atoms. The Kier molecular flexibility index (Phi) is 38.9. The van der Waals surface area contributed by atoms with Crippen LogP contribution in [0.3, 0.4) is 0 Å². The molecular formula is C36H75NO2. The molecule has 0 aromatic carbocycles. The minimum atomic E-state index is 0. The van der Waals surface area contributed by atoms with Gasteiger partial charge in [0.1, 0.15) is 0 Å². The highest BCUT2D eigenvalue weighted by Crippen LogP contribution is 2.15. The van der Waals surface area contributed by atoms with Crippen LogP contribution < -0.4 is 5.32 Å². The van der Waals surface area contributed by atoms with Gasteiger partial charge in [0.15, 0.2) is 0 Å². The van der Waals surface area contributed by atoms with Gasteiger partial charge in [0.2, 0.25) is 5.91 Å². The third-order valence-electron chi connectivity index (χ3n) is 8.36. The first-order valence-electron chi connectivity index (χ1n) is 18.1. The van der Waals surface area contributed by atoms with Gasteiger partial charge in [-0.2, -0.15) is 0 Å². The second-order valence-electron chi connectivity index (χ2n) is 12.4. The molecule has 0 atom stereocenters. The minimum absolute atomic E-state index is 0. The Labute approximate surface area is 247 Å². The first-order valence-corrected chi connectivity index (χ1v) is 18.1. The van der Waals surface area contributed by atoms with Crippen molar-refractivity contribution < 1.29 is 10.3 Å². The van der Waals surface area contributed by atoms with Crippen molar-refractivity contribution in [1.29, 1.82) is 0 Å². The topological polar surface area (TPSA) is 60.6 Å². The van der Waals surface area contributed by atoms with Crippen molar-refractivity contribution >= 4 is 5.91 Å². The van der Waals surface area contributed by atoms with Gasteiger partial charge in [0.05, 0.1) is 0 Å². The Morgan fingerprint density at radius 3 is 0.872 bits per heavy atom. The summed E-state index contributed by atoms with van der Waals surface area (Å²) in [5.74, 6) is 0.278. The van der Waals surface area contributed by atoms with Gasteiger partial charge in [-0.25, -0.2) is 0 Å². The lowest BCUT2D eigenvalue weighted by atomic mass is 10.0. The van der Waals surface area contributed by atoms with E-state index in [2.05, 4.69) is 19.2 Å². The number of carbonyl (C=O) groups is 1. The van der Waals surface area contributed by atoms with Gasteiger partial charge in [-0.1, -0.05) is 200 Å². The maximum atomic E-state index is 12.0. The Morgan fingerprint density at radius 2 is 0.590 bits per heavy atom. The smallest absolute Gasteiger partial charge is 0.219 e. The Balaban J connectivity index is 0. The first kappa shape index (κ1) is 40.6. The van der Waals surface area contributed by atoms with E-state index in [1.807, 2.05) is 0 Å². The molecule has 1 amide bonds. The lowest BCUT2D eigenvalue weighted by Gasteiger charge is -2.06. The average Bonchev–Trinajstić information content (AvgIpc) is 2.92. The van der Waals surface area contributed by atoms with Crippen molar-refractivity contribution in [3.63, 3.8) is 0 Å². The lowest BCUT2D eigenvalue weighted by Crippen LogP contribution is -2.23. The van der Waals surface area contributed by atoms with Crippen molar-refractivity contribution in [3.8, 4) is 0 Å². The van der Waals surface area contributed by atoms with Crippen molar-refractivity contribution in [3.05, 3.63) is 0 Å². The van der Waals surface area contributed by atoms with Gasteiger partial charge < -0.3 is 10.8 Å². The molecule has 3 N–H and O–H groups in total. The fraction of sp³-hybridized carbons (Fsp3) is 0.972. The van der Waals surface area contributed by atoms with Crippen LogP contribution >= 0.6 is 0 Å². The van der Waals surface area contributed by atoms with E-state index in [0.29, 0.717) is 0 Å². The van der Waals surface area contributed by atoms with Crippen LogP contribution in [0.5, 0.6) is 0 Å². The van der Waals surface area contributed by atoms with Crippen LogP contribution in [-0.4, -0.2) is 17.9 Å². The zero-order chi connectivity index (χ0) is 27.6. The Morgan fingerprint density at radius 1 is 0.359 bits per heavy atom. The second kappa shape index (κ2) is 37.4. The summed E-state index contributed by atoms with van der Waals surface area (Å²) >= 11 is 0. The summed E-state index contributed by atoms with van der Waals surface area (Å²) < 4.78 is 0. The highest BCUT2D eigenvalue weighted by atomic mass is 16.1. The SMILES string of the molecule is CCCCCCCCCCCCCCCCCCNC(=O)CCCCCCCCCCCCCCCCC.O. The number of unbranched alkanes of at least 4 members (excludes halogenated alkanes) is 29. The largest absolute Gasteiger partial charge is 0.412 e. The normalized spacial score (nSPS) is 11.0. The van der Waals surface area contributed by atoms with E-state index in [1.165, 1.54) is 186 Å². The van der Waals surface area contributed by atoms with E-state index >= 15 is 0 Å². The predicted octanol–water partition coefficient (Wildman–Crippen LogP) is 11.8. The molecule has 0 saturated heterocycles. The molecule has 3 nitrogen and oxygen atoms in total. The van der Waals surface area contributed by atoms with Crippen LogP contribution in [0.1, 0.15) is 219 Å². The van der Waals surface area contributed by atoms with Crippen molar-refractivity contribution in [2.24, 2.45) is 0 Å². The summed E-state index contributed by atoms with van der Waals surface area (Å²) in [5.41, 5.74) is 0. The molecule has 3 heteroatoms. The summed E-state index contributed by atoms with van der Waals surface area (Å²) in [6, 6.07) is 0. The average molecular weight is 554 g/mol.